The highest BCUT2D eigenvalue weighted by atomic mass is 16.5. The zero-order valence-corrected chi connectivity index (χ0v) is 13.3. The third kappa shape index (κ3) is 7.31. The largest absolute Gasteiger partial charge is 0.462 e. The Morgan fingerprint density at radius 3 is 1.85 bits per heavy atom. The van der Waals surface area contributed by atoms with Crippen LogP contribution in [0.3, 0.4) is 0 Å². The third-order valence-electron chi connectivity index (χ3n) is 2.91. The van der Waals surface area contributed by atoms with Gasteiger partial charge in [0.1, 0.15) is 0 Å². The highest BCUT2D eigenvalue weighted by Crippen LogP contribution is 2.17. The molecule has 20 heavy (non-hydrogen) atoms. The van der Waals surface area contributed by atoms with Gasteiger partial charge in [0.25, 0.3) is 0 Å². The van der Waals surface area contributed by atoms with Crippen molar-refractivity contribution in [3.8, 4) is 0 Å². The van der Waals surface area contributed by atoms with Gasteiger partial charge in [-0.2, -0.15) is 0 Å². The van der Waals surface area contributed by atoms with Gasteiger partial charge in [0.2, 0.25) is 0 Å². The third-order valence-corrected chi connectivity index (χ3v) is 2.91. The molecule has 0 aliphatic heterocycles. The van der Waals surface area contributed by atoms with Crippen LogP contribution in [0.1, 0.15) is 66.2 Å². The summed E-state index contributed by atoms with van der Waals surface area (Å²) >= 11 is 0. The number of rotatable bonds is 10. The quantitative estimate of drug-likeness (QED) is 0.348. The van der Waals surface area contributed by atoms with Crippen molar-refractivity contribution in [1.82, 2.24) is 0 Å². The Balaban J connectivity index is 4.85. The first-order valence-electron chi connectivity index (χ1n) is 7.62. The van der Waals surface area contributed by atoms with Crippen LogP contribution in [0, 0.1) is 0 Å². The smallest absolute Gasteiger partial charge is 0.334 e. The SMILES string of the molecule is CCCCCC(C(=O)OCCC)=C(C)C(=O)OCCC. The van der Waals surface area contributed by atoms with Crippen LogP contribution in [-0.2, 0) is 19.1 Å². The predicted octanol–water partition coefficient (Wildman–Crippen LogP) is 3.79. The summed E-state index contributed by atoms with van der Waals surface area (Å²) in [5.74, 6) is -0.791. The van der Waals surface area contributed by atoms with E-state index in [1.165, 1.54) is 0 Å². The van der Waals surface area contributed by atoms with E-state index in [1.54, 1.807) is 6.92 Å². The molecule has 0 N–H and O–H groups in total. The normalized spacial score (nSPS) is 11.8. The second kappa shape index (κ2) is 11.5. The Hall–Kier alpha value is -1.32. The summed E-state index contributed by atoms with van der Waals surface area (Å²) < 4.78 is 10.2. The van der Waals surface area contributed by atoms with Crippen molar-refractivity contribution in [1.29, 1.82) is 0 Å². The molecule has 0 aliphatic carbocycles. The van der Waals surface area contributed by atoms with Gasteiger partial charge in [0.05, 0.1) is 13.2 Å². The summed E-state index contributed by atoms with van der Waals surface area (Å²) in [5.41, 5.74) is 0.851. The van der Waals surface area contributed by atoms with Crippen molar-refractivity contribution >= 4 is 11.9 Å². The Morgan fingerprint density at radius 2 is 1.35 bits per heavy atom. The molecule has 0 unspecified atom stereocenters. The van der Waals surface area contributed by atoms with Gasteiger partial charge < -0.3 is 9.47 Å². The van der Waals surface area contributed by atoms with Crippen molar-refractivity contribution < 1.29 is 19.1 Å². The minimum atomic E-state index is -0.410. The lowest BCUT2D eigenvalue weighted by Gasteiger charge is -2.11. The maximum absolute atomic E-state index is 12.0. The fourth-order valence-corrected chi connectivity index (χ4v) is 1.70. The topological polar surface area (TPSA) is 52.6 Å². The fourth-order valence-electron chi connectivity index (χ4n) is 1.70. The molecule has 0 aromatic rings. The fraction of sp³-hybridized carbons (Fsp3) is 0.750. The first-order valence-corrected chi connectivity index (χ1v) is 7.62. The summed E-state index contributed by atoms with van der Waals surface area (Å²) in [7, 11) is 0. The second-order valence-electron chi connectivity index (χ2n) is 4.83. The van der Waals surface area contributed by atoms with Crippen LogP contribution in [0.25, 0.3) is 0 Å². The van der Waals surface area contributed by atoms with Crippen molar-refractivity contribution in [2.75, 3.05) is 13.2 Å². The summed E-state index contributed by atoms with van der Waals surface area (Å²) in [5, 5.41) is 0. The molecule has 0 amide bonds. The summed E-state index contributed by atoms with van der Waals surface area (Å²) in [4.78, 5) is 23.9. The zero-order valence-electron chi connectivity index (χ0n) is 13.3. The Morgan fingerprint density at radius 1 is 0.800 bits per heavy atom. The number of unbranched alkanes of at least 4 members (excludes halogenated alkanes) is 2. The van der Waals surface area contributed by atoms with E-state index in [-0.39, 0.29) is 5.97 Å². The first kappa shape index (κ1) is 18.7. The van der Waals surface area contributed by atoms with Gasteiger partial charge in [-0.3, -0.25) is 0 Å². The van der Waals surface area contributed by atoms with E-state index < -0.39 is 5.97 Å². The minimum Gasteiger partial charge on any atom is -0.462 e. The van der Waals surface area contributed by atoms with E-state index in [0.717, 1.165) is 32.1 Å². The average Bonchev–Trinajstić information content (AvgIpc) is 2.46. The van der Waals surface area contributed by atoms with Crippen LogP contribution in [0.5, 0.6) is 0 Å². The molecular weight excluding hydrogens is 256 g/mol. The van der Waals surface area contributed by atoms with E-state index in [2.05, 4.69) is 6.92 Å². The number of ether oxygens (including phenoxy) is 2. The van der Waals surface area contributed by atoms with Gasteiger partial charge in [-0.15, -0.1) is 0 Å². The molecule has 0 aromatic carbocycles. The molecule has 0 rings (SSSR count). The standard InChI is InChI=1S/C16H28O4/c1-5-8-9-10-14(16(18)20-12-7-3)13(4)15(17)19-11-6-2/h5-12H2,1-4H3. The lowest BCUT2D eigenvalue weighted by atomic mass is 10.0. The first-order chi connectivity index (χ1) is 9.58. The van der Waals surface area contributed by atoms with Crippen LogP contribution < -0.4 is 0 Å². The van der Waals surface area contributed by atoms with Crippen molar-refractivity contribution in [2.45, 2.75) is 66.2 Å². The van der Waals surface area contributed by atoms with Gasteiger partial charge in [-0.25, -0.2) is 9.59 Å². The van der Waals surface area contributed by atoms with Crippen molar-refractivity contribution in [3.05, 3.63) is 11.1 Å². The summed E-state index contributed by atoms with van der Waals surface area (Å²) in [6.07, 6.45) is 5.09. The molecule has 0 saturated carbocycles. The van der Waals surface area contributed by atoms with Crippen molar-refractivity contribution in [2.24, 2.45) is 0 Å². The van der Waals surface area contributed by atoms with E-state index in [0.29, 0.717) is 30.8 Å². The van der Waals surface area contributed by atoms with Gasteiger partial charge in [0, 0.05) is 11.1 Å². The molecule has 0 atom stereocenters. The van der Waals surface area contributed by atoms with Crippen LogP contribution >= 0.6 is 0 Å². The monoisotopic (exact) mass is 284 g/mol. The molecule has 0 saturated heterocycles. The number of carbonyl (C=O) groups excluding carboxylic acids is 2. The molecular formula is C16H28O4. The molecule has 0 heterocycles. The van der Waals surface area contributed by atoms with Gasteiger partial charge in [-0.1, -0.05) is 33.6 Å². The maximum Gasteiger partial charge on any atom is 0.334 e. The molecule has 4 heteroatoms. The molecule has 4 nitrogen and oxygen atoms in total. The summed E-state index contributed by atoms with van der Waals surface area (Å²) in [6, 6.07) is 0. The maximum atomic E-state index is 12.0. The Bertz CT molecular complexity index is 331. The van der Waals surface area contributed by atoms with E-state index in [4.69, 9.17) is 9.47 Å². The zero-order chi connectivity index (χ0) is 15.4. The number of hydrogen-bond acceptors (Lipinski definition) is 4. The van der Waals surface area contributed by atoms with E-state index in [1.807, 2.05) is 13.8 Å². The van der Waals surface area contributed by atoms with Crippen LogP contribution in [0.2, 0.25) is 0 Å². The van der Waals surface area contributed by atoms with E-state index >= 15 is 0 Å². The van der Waals surface area contributed by atoms with E-state index in [9.17, 15) is 9.59 Å². The Labute approximate surface area is 122 Å². The van der Waals surface area contributed by atoms with Gasteiger partial charge in [0.15, 0.2) is 0 Å². The minimum absolute atomic E-state index is 0.377. The average molecular weight is 284 g/mol. The number of hydrogen-bond donors (Lipinski definition) is 0. The lowest BCUT2D eigenvalue weighted by molar-refractivity contribution is -0.142. The molecule has 116 valence electrons. The molecule has 0 aromatic heterocycles. The molecule has 0 bridgehead atoms. The molecule has 0 aliphatic rings. The number of esters is 2. The molecule has 0 fully saturated rings. The Kier molecular flexibility index (Phi) is 10.7. The predicted molar refractivity (Wildman–Crippen MR) is 79.3 cm³/mol. The second-order valence-corrected chi connectivity index (χ2v) is 4.83. The summed E-state index contributed by atoms with van der Waals surface area (Å²) in [6.45, 7) is 8.38. The van der Waals surface area contributed by atoms with Gasteiger partial charge in [-0.05, 0) is 32.6 Å². The molecule has 0 radical (unpaired) electrons. The highest BCUT2D eigenvalue weighted by molar-refractivity contribution is 5.99. The van der Waals surface area contributed by atoms with Crippen LogP contribution in [0.4, 0.5) is 0 Å². The van der Waals surface area contributed by atoms with Crippen LogP contribution in [0.15, 0.2) is 11.1 Å². The lowest BCUT2D eigenvalue weighted by Crippen LogP contribution is -2.16. The molecule has 0 spiro atoms. The number of carbonyl (C=O) groups is 2. The highest BCUT2D eigenvalue weighted by Gasteiger charge is 2.19. The van der Waals surface area contributed by atoms with Crippen molar-refractivity contribution in [3.63, 3.8) is 0 Å². The van der Waals surface area contributed by atoms with Crippen LogP contribution in [-0.4, -0.2) is 25.2 Å². The van der Waals surface area contributed by atoms with Gasteiger partial charge >= 0.3 is 11.9 Å².